The van der Waals surface area contributed by atoms with Crippen LogP contribution in [0.5, 0.6) is 0 Å². The number of hydrogen-bond acceptors (Lipinski definition) is 3. The number of para-hydroxylation sites is 2. The van der Waals surface area contributed by atoms with Crippen molar-refractivity contribution in [3.63, 3.8) is 0 Å². The van der Waals surface area contributed by atoms with Gasteiger partial charge in [-0.3, -0.25) is 4.90 Å². The van der Waals surface area contributed by atoms with Gasteiger partial charge in [-0.2, -0.15) is 0 Å². The molecule has 0 radical (unpaired) electrons. The zero-order chi connectivity index (χ0) is 11.9. The number of likely N-dealkylation sites (tertiary alicyclic amines) is 1. The Morgan fingerprint density at radius 3 is 3.11 bits per heavy atom. The molecule has 2 aliphatic heterocycles. The van der Waals surface area contributed by atoms with Crippen molar-refractivity contribution in [1.82, 2.24) is 20.2 Å². The van der Waals surface area contributed by atoms with E-state index in [1.54, 1.807) is 0 Å². The van der Waals surface area contributed by atoms with Crippen LogP contribution in [0.4, 0.5) is 0 Å². The summed E-state index contributed by atoms with van der Waals surface area (Å²) in [5.41, 5.74) is 2.22. The second-order valence-corrected chi connectivity index (χ2v) is 5.50. The highest BCUT2D eigenvalue weighted by atomic mass is 15.2. The minimum Gasteiger partial charge on any atom is -0.341 e. The highest BCUT2D eigenvalue weighted by Gasteiger charge is 2.35. The number of nitrogens with zero attached hydrogens (tertiary/aromatic N) is 2. The maximum absolute atomic E-state index is 4.65. The van der Waals surface area contributed by atoms with Crippen molar-refractivity contribution in [3.8, 4) is 0 Å². The summed E-state index contributed by atoms with van der Waals surface area (Å²) in [6.45, 7) is 4.54. The van der Waals surface area contributed by atoms with Gasteiger partial charge >= 0.3 is 0 Å². The minimum absolute atomic E-state index is 0.717. The second-order valence-electron chi connectivity index (χ2n) is 5.50. The van der Waals surface area contributed by atoms with E-state index in [0.29, 0.717) is 0 Å². The third kappa shape index (κ3) is 1.72. The summed E-state index contributed by atoms with van der Waals surface area (Å²) in [6, 6.07) is 8.96. The van der Waals surface area contributed by atoms with Crippen LogP contribution < -0.4 is 5.32 Å². The fraction of sp³-hybridized carbons (Fsp3) is 0.500. The summed E-state index contributed by atoms with van der Waals surface area (Å²) in [6.07, 6.45) is 1.33. The molecule has 2 N–H and O–H groups in total. The number of nitrogens with one attached hydrogen (secondary N) is 2. The molecule has 4 heteroatoms. The van der Waals surface area contributed by atoms with Crippen LogP contribution in [0.2, 0.25) is 0 Å². The zero-order valence-electron chi connectivity index (χ0n) is 10.4. The molecule has 0 saturated carbocycles. The molecule has 0 amide bonds. The van der Waals surface area contributed by atoms with Gasteiger partial charge in [0.1, 0.15) is 5.82 Å². The van der Waals surface area contributed by atoms with E-state index in [0.717, 1.165) is 35.4 Å². The van der Waals surface area contributed by atoms with Gasteiger partial charge in [0.05, 0.1) is 17.6 Å². The average molecular weight is 242 g/mol. The molecule has 1 aromatic carbocycles. The summed E-state index contributed by atoms with van der Waals surface area (Å²) in [5.74, 6) is 1.95. The van der Waals surface area contributed by atoms with Gasteiger partial charge < -0.3 is 10.3 Å². The van der Waals surface area contributed by atoms with Gasteiger partial charge in [-0.25, -0.2) is 4.98 Å². The van der Waals surface area contributed by atoms with E-state index in [4.69, 9.17) is 0 Å². The average Bonchev–Trinajstić information content (AvgIpc) is 3.01. The van der Waals surface area contributed by atoms with Gasteiger partial charge in [-0.1, -0.05) is 12.1 Å². The monoisotopic (exact) mass is 242 g/mol. The Balaban J connectivity index is 1.51. The Hall–Kier alpha value is -1.39. The summed E-state index contributed by atoms with van der Waals surface area (Å²) in [7, 11) is 0. The molecule has 2 fully saturated rings. The van der Waals surface area contributed by atoms with E-state index >= 15 is 0 Å². The molecule has 2 aromatic rings. The lowest BCUT2D eigenvalue weighted by Gasteiger charge is -2.14. The molecular formula is C14H18N4. The Morgan fingerprint density at radius 1 is 1.28 bits per heavy atom. The standard InChI is InChI=1S/C14H18N4/c1-2-4-12-11(3-1)16-14(17-12)9-18-7-10-5-6-15-13(10)8-18/h1-4,10,13,15H,5-9H2,(H,16,17)/t10-,13+/m0/s1. The lowest BCUT2D eigenvalue weighted by molar-refractivity contribution is 0.300. The summed E-state index contributed by atoms with van der Waals surface area (Å²) >= 11 is 0. The third-order valence-corrected chi connectivity index (χ3v) is 4.25. The Bertz CT molecular complexity index is 517. The number of H-pyrrole nitrogens is 1. The number of hydrogen-bond donors (Lipinski definition) is 2. The van der Waals surface area contributed by atoms with Crippen LogP contribution in [0.1, 0.15) is 12.2 Å². The highest BCUT2D eigenvalue weighted by Crippen LogP contribution is 2.25. The summed E-state index contributed by atoms with van der Waals surface area (Å²) in [4.78, 5) is 10.6. The van der Waals surface area contributed by atoms with Crippen molar-refractivity contribution >= 4 is 11.0 Å². The first kappa shape index (κ1) is 10.5. The van der Waals surface area contributed by atoms with Gasteiger partial charge in [-0.05, 0) is 31.0 Å². The molecule has 0 bridgehead atoms. The highest BCUT2D eigenvalue weighted by molar-refractivity contribution is 5.74. The quantitative estimate of drug-likeness (QED) is 0.835. The molecular weight excluding hydrogens is 224 g/mol. The lowest BCUT2D eigenvalue weighted by atomic mass is 10.1. The number of rotatable bonds is 2. The van der Waals surface area contributed by atoms with Crippen LogP contribution >= 0.6 is 0 Å². The maximum Gasteiger partial charge on any atom is 0.121 e. The van der Waals surface area contributed by atoms with E-state index in [-0.39, 0.29) is 0 Å². The van der Waals surface area contributed by atoms with E-state index in [1.807, 2.05) is 6.07 Å². The number of benzene rings is 1. The molecule has 0 spiro atoms. The zero-order valence-corrected chi connectivity index (χ0v) is 10.4. The second kappa shape index (κ2) is 4.07. The molecule has 4 nitrogen and oxygen atoms in total. The number of aromatic nitrogens is 2. The van der Waals surface area contributed by atoms with Gasteiger partial charge in [-0.15, -0.1) is 0 Å². The Kier molecular flexibility index (Phi) is 2.38. The minimum atomic E-state index is 0.717. The molecule has 2 atom stereocenters. The molecule has 2 saturated heterocycles. The first-order valence-corrected chi connectivity index (χ1v) is 6.78. The third-order valence-electron chi connectivity index (χ3n) is 4.25. The van der Waals surface area contributed by atoms with Crippen LogP contribution in [0.3, 0.4) is 0 Å². The predicted octanol–water partition coefficient (Wildman–Crippen LogP) is 1.36. The fourth-order valence-corrected chi connectivity index (χ4v) is 3.36. The van der Waals surface area contributed by atoms with Crippen molar-refractivity contribution in [1.29, 1.82) is 0 Å². The molecule has 4 rings (SSSR count). The topological polar surface area (TPSA) is 44.0 Å². The fourth-order valence-electron chi connectivity index (χ4n) is 3.36. The summed E-state index contributed by atoms with van der Waals surface area (Å²) < 4.78 is 0. The van der Waals surface area contributed by atoms with Crippen LogP contribution in [-0.4, -0.2) is 40.5 Å². The molecule has 0 unspecified atom stereocenters. The van der Waals surface area contributed by atoms with E-state index < -0.39 is 0 Å². The first-order chi connectivity index (χ1) is 8.88. The first-order valence-electron chi connectivity index (χ1n) is 6.78. The molecule has 0 aliphatic carbocycles. The van der Waals surface area contributed by atoms with Crippen LogP contribution in [0.15, 0.2) is 24.3 Å². The molecule has 18 heavy (non-hydrogen) atoms. The van der Waals surface area contributed by atoms with Crippen molar-refractivity contribution in [2.24, 2.45) is 5.92 Å². The number of fused-ring (bicyclic) bond motifs is 2. The number of aromatic amines is 1. The predicted molar refractivity (Wildman–Crippen MR) is 71.3 cm³/mol. The van der Waals surface area contributed by atoms with E-state index in [2.05, 4.69) is 38.4 Å². The van der Waals surface area contributed by atoms with Gasteiger partial charge in [0.15, 0.2) is 0 Å². The summed E-state index contributed by atoms with van der Waals surface area (Å²) in [5, 5.41) is 3.59. The van der Waals surface area contributed by atoms with Crippen LogP contribution in [0.25, 0.3) is 11.0 Å². The van der Waals surface area contributed by atoms with Crippen molar-refractivity contribution < 1.29 is 0 Å². The molecule has 2 aliphatic rings. The van der Waals surface area contributed by atoms with Gasteiger partial charge in [0.2, 0.25) is 0 Å². The van der Waals surface area contributed by atoms with Gasteiger partial charge in [0, 0.05) is 19.1 Å². The smallest absolute Gasteiger partial charge is 0.121 e. The molecule has 94 valence electrons. The van der Waals surface area contributed by atoms with Crippen LogP contribution in [0, 0.1) is 5.92 Å². The van der Waals surface area contributed by atoms with Gasteiger partial charge in [0.25, 0.3) is 0 Å². The normalized spacial score (nSPS) is 28.0. The SMILES string of the molecule is c1ccc2[nH]c(CN3C[C@@H]4CCN[C@@H]4C3)nc2c1. The molecule has 3 heterocycles. The van der Waals surface area contributed by atoms with Crippen molar-refractivity contribution in [2.45, 2.75) is 19.0 Å². The van der Waals surface area contributed by atoms with E-state index in [9.17, 15) is 0 Å². The number of imidazole rings is 1. The Morgan fingerprint density at radius 2 is 2.22 bits per heavy atom. The lowest BCUT2D eigenvalue weighted by Crippen LogP contribution is -2.30. The van der Waals surface area contributed by atoms with Crippen molar-refractivity contribution in [3.05, 3.63) is 30.1 Å². The van der Waals surface area contributed by atoms with Crippen molar-refractivity contribution in [2.75, 3.05) is 19.6 Å². The largest absolute Gasteiger partial charge is 0.341 e. The van der Waals surface area contributed by atoms with E-state index in [1.165, 1.54) is 26.1 Å². The van der Waals surface area contributed by atoms with Crippen LogP contribution in [-0.2, 0) is 6.54 Å². The maximum atomic E-state index is 4.65. The molecule has 1 aromatic heterocycles. The Labute approximate surface area is 106 Å².